The van der Waals surface area contributed by atoms with E-state index in [2.05, 4.69) is 10.4 Å². The summed E-state index contributed by atoms with van der Waals surface area (Å²) in [6.07, 6.45) is 0.702. The van der Waals surface area contributed by atoms with E-state index in [0.717, 1.165) is 5.69 Å². The van der Waals surface area contributed by atoms with E-state index >= 15 is 0 Å². The third kappa shape index (κ3) is 3.05. The fourth-order valence-electron chi connectivity index (χ4n) is 1.92. The van der Waals surface area contributed by atoms with E-state index < -0.39 is 11.9 Å². The number of hydrogen-bond donors (Lipinski definition) is 2. The first-order valence-corrected chi connectivity index (χ1v) is 6.68. The Kier molecular flexibility index (Phi) is 4.28. The van der Waals surface area contributed by atoms with Crippen LogP contribution in [0.2, 0.25) is 5.02 Å². The number of para-hydroxylation sites is 1. The first-order valence-electron chi connectivity index (χ1n) is 6.30. The van der Waals surface area contributed by atoms with E-state index in [1.54, 1.807) is 13.1 Å². The van der Waals surface area contributed by atoms with E-state index in [-0.39, 0.29) is 16.3 Å². The predicted octanol–water partition coefficient (Wildman–Crippen LogP) is 2.59. The Labute approximate surface area is 126 Å². The van der Waals surface area contributed by atoms with Gasteiger partial charge in [-0.1, -0.05) is 24.6 Å². The number of aromatic nitrogens is 2. The molecule has 1 aromatic heterocycles. The molecule has 21 heavy (non-hydrogen) atoms. The van der Waals surface area contributed by atoms with Gasteiger partial charge in [0.2, 0.25) is 0 Å². The molecule has 7 heteroatoms. The van der Waals surface area contributed by atoms with Crippen LogP contribution in [0.15, 0.2) is 24.3 Å². The molecule has 0 bridgehead atoms. The van der Waals surface area contributed by atoms with Crippen molar-refractivity contribution in [1.29, 1.82) is 0 Å². The number of carboxylic acid groups (broad SMARTS) is 1. The number of amides is 1. The Hall–Kier alpha value is -2.34. The summed E-state index contributed by atoms with van der Waals surface area (Å²) in [6.45, 7) is 1.93. The molecule has 0 radical (unpaired) electrons. The molecule has 0 aliphatic carbocycles. The molecule has 0 atom stereocenters. The zero-order valence-electron chi connectivity index (χ0n) is 11.6. The average Bonchev–Trinajstić information content (AvgIpc) is 2.82. The quantitative estimate of drug-likeness (QED) is 0.909. The van der Waals surface area contributed by atoms with E-state index in [9.17, 15) is 9.59 Å². The zero-order chi connectivity index (χ0) is 15.6. The summed E-state index contributed by atoms with van der Waals surface area (Å²) >= 11 is 5.98. The Balaban J connectivity index is 2.35. The molecular formula is C14H14ClN3O3. The maximum Gasteiger partial charge on any atom is 0.337 e. The monoisotopic (exact) mass is 307 g/mol. The average molecular weight is 308 g/mol. The SMILES string of the molecule is CCc1cc(C(=O)Nc2c(Cl)cccc2C(=O)O)n(C)n1. The van der Waals surface area contributed by atoms with Gasteiger partial charge < -0.3 is 10.4 Å². The summed E-state index contributed by atoms with van der Waals surface area (Å²) in [7, 11) is 1.65. The highest BCUT2D eigenvalue weighted by Crippen LogP contribution is 2.26. The van der Waals surface area contributed by atoms with Crippen molar-refractivity contribution < 1.29 is 14.7 Å². The minimum Gasteiger partial charge on any atom is -0.478 e. The van der Waals surface area contributed by atoms with Crippen LogP contribution >= 0.6 is 11.6 Å². The van der Waals surface area contributed by atoms with Crippen molar-refractivity contribution in [3.8, 4) is 0 Å². The number of aryl methyl sites for hydroxylation is 2. The molecule has 2 N–H and O–H groups in total. The van der Waals surface area contributed by atoms with Gasteiger partial charge in [0, 0.05) is 7.05 Å². The van der Waals surface area contributed by atoms with Crippen LogP contribution in [0.4, 0.5) is 5.69 Å². The fourth-order valence-corrected chi connectivity index (χ4v) is 2.14. The molecule has 1 amide bonds. The van der Waals surface area contributed by atoms with Gasteiger partial charge in [0.15, 0.2) is 0 Å². The van der Waals surface area contributed by atoms with Crippen LogP contribution in [-0.4, -0.2) is 26.8 Å². The van der Waals surface area contributed by atoms with Gasteiger partial charge in [0.1, 0.15) is 5.69 Å². The first kappa shape index (κ1) is 15.1. The summed E-state index contributed by atoms with van der Waals surface area (Å²) in [5.41, 5.74) is 1.13. The molecule has 0 unspecified atom stereocenters. The van der Waals surface area contributed by atoms with Gasteiger partial charge in [-0.25, -0.2) is 4.79 Å². The fraction of sp³-hybridized carbons (Fsp3) is 0.214. The Morgan fingerprint density at radius 2 is 2.14 bits per heavy atom. The number of carboxylic acids is 1. The van der Waals surface area contributed by atoms with Crippen molar-refractivity contribution in [1.82, 2.24) is 9.78 Å². The molecule has 2 rings (SSSR count). The number of halogens is 1. The minimum atomic E-state index is -1.16. The van der Waals surface area contributed by atoms with Gasteiger partial charge in [0.05, 0.1) is 22.0 Å². The highest BCUT2D eigenvalue weighted by Gasteiger charge is 2.18. The summed E-state index contributed by atoms with van der Waals surface area (Å²) in [6, 6.07) is 6.07. The molecule has 0 saturated carbocycles. The second-order valence-corrected chi connectivity index (χ2v) is 4.83. The number of nitrogens with one attached hydrogen (secondary N) is 1. The lowest BCUT2D eigenvalue weighted by molar-refractivity contribution is 0.0698. The topological polar surface area (TPSA) is 84.2 Å². The number of anilines is 1. The van der Waals surface area contributed by atoms with E-state index in [0.29, 0.717) is 12.1 Å². The van der Waals surface area contributed by atoms with Crippen molar-refractivity contribution in [3.63, 3.8) is 0 Å². The molecule has 2 aromatic rings. The molecule has 1 heterocycles. The van der Waals surface area contributed by atoms with Gasteiger partial charge in [-0.3, -0.25) is 9.48 Å². The lowest BCUT2D eigenvalue weighted by atomic mass is 10.1. The predicted molar refractivity (Wildman–Crippen MR) is 79.0 cm³/mol. The lowest BCUT2D eigenvalue weighted by Crippen LogP contribution is -2.18. The first-order chi connectivity index (χ1) is 9.93. The minimum absolute atomic E-state index is 0.0614. The molecule has 1 aromatic carbocycles. The van der Waals surface area contributed by atoms with Gasteiger partial charge in [-0.15, -0.1) is 0 Å². The summed E-state index contributed by atoms with van der Waals surface area (Å²) < 4.78 is 1.45. The molecule has 0 aliphatic rings. The standard InChI is InChI=1S/C14H14ClN3O3/c1-3-8-7-11(18(2)17-8)13(19)16-12-9(14(20)21)5-4-6-10(12)15/h4-7H,3H2,1-2H3,(H,16,19)(H,20,21). The van der Waals surface area contributed by atoms with Crippen LogP contribution in [0.25, 0.3) is 0 Å². The summed E-state index contributed by atoms with van der Waals surface area (Å²) in [4.78, 5) is 23.4. The van der Waals surface area contributed by atoms with Gasteiger partial charge >= 0.3 is 5.97 Å². The van der Waals surface area contributed by atoms with Crippen molar-refractivity contribution in [3.05, 3.63) is 46.2 Å². The van der Waals surface area contributed by atoms with Crippen molar-refractivity contribution in [2.24, 2.45) is 7.05 Å². The number of carbonyl (C=O) groups is 2. The second kappa shape index (κ2) is 5.97. The number of aromatic carboxylic acids is 1. The summed E-state index contributed by atoms with van der Waals surface area (Å²) in [5.74, 6) is -1.62. The number of benzene rings is 1. The Morgan fingerprint density at radius 3 is 2.71 bits per heavy atom. The van der Waals surface area contributed by atoms with Crippen LogP contribution in [0.1, 0.15) is 33.5 Å². The second-order valence-electron chi connectivity index (χ2n) is 4.42. The van der Waals surface area contributed by atoms with Crippen molar-refractivity contribution in [2.75, 3.05) is 5.32 Å². The molecule has 0 aliphatic heterocycles. The van der Waals surface area contributed by atoms with Gasteiger partial charge in [0.25, 0.3) is 5.91 Å². The number of nitrogens with zero attached hydrogens (tertiary/aromatic N) is 2. The van der Waals surface area contributed by atoms with Crippen LogP contribution in [-0.2, 0) is 13.5 Å². The van der Waals surface area contributed by atoms with Crippen molar-refractivity contribution in [2.45, 2.75) is 13.3 Å². The molecule has 6 nitrogen and oxygen atoms in total. The molecule has 0 saturated heterocycles. The Bertz CT molecular complexity index is 709. The normalized spacial score (nSPS) is 10.4. The van der Waals surface area contributed by atoms with Crippen molar-refractivity contribution >= 4 is 29.2 Å². The van der Waals surface area contributed by atoms with Crippen LogP contribution in [0.5, 0.6) is 0 Å². The smallest absolute Gasteiger partial charge is 0.337 e. The number of rotatable bonds is 4. The zero-order valence-corrected chi connectivity index (χ0v) is 12.3. The van der Waals surface area contributed by atoms with Gasteiger partial charge in [-0.05, 0) is 24.6 Å². The van der Waals surface area contributed by atoms with E-state index in [1.807, 2.05) is 6.92 Å². The largest absolute Gasteiger partial charge is 0.478 e. The van der Waals surface area contributed by atoms with Crippen LogP contribution in [0.3, 0.4) is 0 Å². The molecular weight excluding hydrogens is 294 g/mol. The Morgan fingerprint density at radius 1 is 1.43 bits per heavy atom. The van der Waals surface area contributed by atoms with Crippen LogP contribution in [0, 0.1) is 0 Å². The molecule has 110 valence electrons. The van der Waals surface area contributed by atoms with Gasteiger partial charge in [-0.2, -0.15) is 5.10 Å². The third-order valence-electron chi connectivity index (χ3n) is 3.01. The number of hydrogen-bond acceptors (Lipinski definition) is 3. The number of carbonyl (C=O) groups excluding carboxylic acids is 1. The van der Waals surface area contributed by atoms with E-state index in [4.69, 9.17) is 16.7 Å². The highest BCUT2D eigenvalue weighted by molar-refractivity contribution is 6.34. The lowest BCUT2D eigenvalue weighted by Gasteiger charge is -2.10. The van der Waals surface area contributed by atoms with Crippen LogP contribution < -0.4 is 5.32 Å². The molecule has 0 spiro atoms. The maximum atomic E-state index is 12.3. The third-order valence-corrected chi connectivity index (χ3v) is 3.32. The highest BCUT2D eigenvalue weighted by atomic mass is 35.5. The maximum absolute atomic E-state index is 12.3. The molecule has 0 fully saturated rings. The van der Waals surface area contributed by atoms with E-state index in [1.165, 1.54) is 22.9 Å². The summed E-state index contributed by atoms with van der Waals surface area (Å²) in [5, 5.41) is 16.0.